The summed E-state index contributed by atoms with van der Waals surface area (Å²) in [6.07, 6.45) is -0.0528. The molecule has 82 valence electrons. The highest BCUT2D eigenvalue weighted by Gasteiger charge is 2.25. The molecule has 2 heterocycles. The van der Waals surface area contributed by atoms with Gasteiger partial charge in [0.1, 0.15) is 5.69 Å². The second-order valence-electron chi connectivity index (χ2n) is 3.27. The predicted molar refractivity (Wildman–Crippen MR) is 58.5 cm³/mol. The van der Waals surface area contributed by atoms with Gasteiger partial charge in [-0.15, -0.1) is 22.9 Å². The number of hydrogen-bond acceptors (Lipinski definition) is 4. The van der Waals surface area contributed by atoms with Gasteiger partial charge in [0.15, 0.2) is 0 Å². The molecule has 0 N–H and O–H groups in total. The quantitative estimate of drug-likeness (QED) is 0.737. The summed E-state index contributed by atoms with van der Waals surface area (Å²) in [7, 11) is 0. The number of carbonyl (C=O) groups is 1. The van der Waals surface area contributed by atoms with Crippen LogP contribution in [0.5, 0.6) is 0 Å². The van der Waals surface area contributed by atoms with E-state index < -0.39 is 0 Å². The van der Waals surface area contributed by atoms with Crippen molar-refractivity contribution in [3.05, 3.63) is 16.6 Å². The highest BCUT2D eigenvalue weighted by Crippen LogP contribution is 2.11. The van der Waals surface area contributed by atoms with Gasteiger partial charge in [0.05, 0.1) is 24.1 Å². The second-order valence-corrected chi connectivity index (χ2v) is 4.30. The standard InChI is InChI=1S/C9H11ClN2O2S/c10-3-7-4-12(1-2-14-7)9(13)8-5-15-6-11-8/h5-7H,1-4H2. The van der Waals surface area contributed by atoms with Crippen molar-refractivity contribution >= 4 is 28.8 Å². The van der Waals surface area contributed by atoms with Gasteiger partial charge in [-0.1, -0.05) is 0 Å². The van der Waals surface area contributed by atoms with Crippen molar-refractivity contribution in [3.8, 4) is 0 Å². The Bertz CT molecular complexity index is 331. The van der Waals surface area contributed by atoms with Gasteiger partial charge >= 0.3 is 0 Å². The van der Waals surface area contributed by atoms with Crippen molar-refractivity contribution in [1.29, 1.82) is 0 Å². The summed E-state index contributed by atoms with van der Waals surface area (Å²) in [5, 5.41) is 1.76. The minimum absolute atomic E-state index is 0.0327. The number of nitrogens with zero attached hydrogens (tertiary/aromatic N) is 2. The van der Waals surface area contributed by atoms with Gasteiger partial charge in [-0.2, -0.15) is 0 Å². The van der Waals surface area contributed by atoms with Crippen molar-refractivity contribution < 1.29 is 9.53 Å². The van der Waals surface area contributed by atoms with E-state index in [-0.39, 0.29) is 12.0 Å². The largest absolute Gasteiger partial charge is 0.373 e. The molecular formula is C9H11ClN2O2S. The first-order chi connectivity index (χ1) is 7.31. The van der Waals surface area contributed by atoms with Crippen LogP contribution in [0.15, 0.2) is 10.9 Å². The first-order valence-corrected chi connectivity index (χ1v) is 6.14. The molecule has 1 saturated heterocycles. The van der Waals surface area contributed by atoms with Crippen LogP contribution in [-0.4, -0.2) is 47.5 Å². The Kier molecular flexibility index (Phi) is 3.56. The van der Waals surface area contributed by atoms with Crippen molar-refractivity contribution in [1.82, 2.24) is 9.88 Å². The van der Waals surface area contributed by atoms with Gasteiger partial charge in [0, 0.05) is 18.5 Å². The van der Waals surface area contributed by atoms with Crippen LogP contribution in [0.2, 0.25) is 0 Å². The number of aromatic nitrogens is 1. The summed E-state index contributed by atoms with van der Waals surface area (Å²) >= 11 is 7.12. The van der Waals surface area contributed by atoms with Crippen LogP contribution in [0.4, 0.5) is 0 Å². The molecule has 2 rings (SSSR count). The summed E-state index contributed by atoms with van der Waals surface area (Å²) in [6.45, 7) is 1.72. The van der Waals surface area contributed by atoms with Gasteiger partial charge < -0.3 is 9.64 Å². The van der Waals surface area contributed by atoms with E-state index >= 15 is 0 Å². The molecule has 0 aromatic carbocycles. The number of halogens is 1. The first-order valence-electron chi connectivity index (χ1n) is 4.66. The average molecular weight is 247 g/mol. The highest BCUT2D eigenvalue weighted by atomic mass is 35.5. The number of rotatable bonds is 2. The number of carbonyl (C=O) groups excluding carboxylic acids is 1. The maximum atomic E-state index is 11.9. The van der Waals surface area contributed by atoms with Gasteiger partial charge in [-0.05, 0) is 0 Å². The van der Waals surface area contributed by atoms with Crippen LogP contribution in [0.25, 0.3) is 0 Å². The number of thiazole rings is 1. The summed E-state index contributed by atoms with van der Waals surface area (Å²) in [5.41, 5.74) is 2.17. The zero-order chi connectivity index (χ0) is 10.7. The molecule has 15 heavy (non-hydrogen) atoms. The smallest absolute Gasteiger partial charge is 0.273 e. The van der Waals surface area contributed by atoms with E-state index in [4.69, 9.17) is 16.3 Å². The van der Waals surface area contributed by atoms with Crippen LogP contribution in [-0.2, 0) is 4.74 Å². The molecule has 1 aliphatic heterocycles. The summed E-state index contributed by atoms with van der Waals surface area (Å²) < 4.78 is 5.38. The maximum Gasteiger partial charge on any atom is 0.273 e. The van der Waals surface area contributed by atoms with Crippen LogP contribution in [0, 0.1) is 0 Å². The molecule has 0 bridgehead atoms. The number of ether oxygens (including phenoxy) is 1. The normalized spacial score (nSPS) is 21.7. The first kappa shape index (κ1) is 10.9. The Hall–Kier alpha value is -0.650. The molecule has 1 amide bonds. The predicted octanol–water partition coefficient (Wildman–Crippen LogP) is 1.22. The molecule has 1 aliphatic rings. The molecular weight excluding hydrogens is 236 g/mol. The number of alkyl halides is 1. The maximum absolute atomic E-state index is 11.9. The zero-order valence-electron chi connectivity index (χ0n) is 8.06. The minimum Gasteiger partial charge on any atom is -0.373 e. The molecule has 1 unspecified atom stereocenters. The fourth-order valence-electron chi connectivity index (χ4n) is 1.48. The fourth-order valence-corrected chi connectivity index (χ4v) is 2.19. The van der Waals surface area contributed by atoms with E-state index in [0.717, 1.165) is 0 Å². The third-order valence-corrected chi connectivity index (χ3v) is 3.18. The molecule has 0 spiro atoms. The summed E-state index contributed by atoms with van der Waals surface area (Å²) in [5.74, 6) is 0.385. The Morgan fingerprint density at radius 1 is 1.80 bits per heavy atom. The number of hydrogen-bond donors (Lipinski definition) is 0. The Morgan fingerprint density at radius 3 is 3.33 bits per heavy atom. The fraction of sp³-hybridized carbons (Fsp3) is 0.556. The molecule has 0 saturated carbocycles. The summed E-state index contributed by atoms with van der Waals surface area (Å²) in [4.78, 5) is 17.6. The zero-order valence-corrected chi connectivity index (χ0v) is 9.63. The lowest BCUT2D eigenvalue weighted by Crippen LogP contribution is -2.46. The van der Waals surface area contributed by atoms with Crippen molar-refractivity contribution in [2.24, 2.45) is 0 Å². The molecule has 1 aromatic heterocycles. The van der Waals surface area contributed by atoms with E-state index in [1.807, 2.05) is 0 Å². The van der Waals surface area contributed by atoms with Gasteiger partial charge in [-0.25, -0.2) is 4.98 Å². The minimum atomic E-state index is -0.0528. The van der Waals surface area contributed by atoms with Gasteiger partial charge in [0.25, 0.3) is 5.91 Å². The Labute approximate surface area is 96.8 Å². The van der Waals surface area contributed by atoms with Gasteiger partial charge in [0.2, 0.25) is 0 Å². The van der Waals surface area contributed by atoms with E-state index in [9.17, 15) is 4.79 Å². The molecule has 4 nitrogen and oxygen atoms in total. The molecule has 1 atom stereocenters. The molecule has 0 radical (unpaired) electrons. The number of amides is 1. The van der Waals surface area contributed by atoms with Gasteiger partial charge in [-0.3, -0.25) is 4.79 Å². The molecule has 6 heteroatoms. The third-order valence-electron chi connectivity index (χ3n) is 2.25. The van der Waals surface area contributed by atoms with E-state index in [2.05, 4.69) is 4.98 Å². The van der Waals surface area contributed by atoms with Crippen LogP contribution in [0.3, 0.4) is 0 Å². The average Bonchev–Trinajstić information content (AvgIpc) is 2.81. The van der Waals surface area contributed by atoms with Crippen molar-refractivity contribution in [2.75, 3.05) is 25.6 Å². The lowest BCUT2D eigenvalue weighted by atomic mass is 10.3. The topological polar surface area (TPSA) is 42.4 Å². The third kappa shape index (κ3) is 2.48. The van der Waals surface area contributed by atoms with Crippen molar-refractivity contribution in [2.45, 2.75) is 6.10 Å². The van der Waals surface area contributed by atoms with Crippen molar-refractivity contribution in [3.63, 3.8) is 0 Å². The van der Waals surface area contributed by atoms with Crippen LogP contribution >= 0.6 is 22.9 Å². The van der Waals surface area contributed by atoms with Crippen LogP contribution in [0.1, 0.15) is 10.5 Å². The lowest BCUT2D eigenvalue weighted by Gasteiger charge is -2.31. The lowest BCUT2D eigenvalue weighted by molar-refractivity contribution is -0.0109. The van der Waals surface area contributed by atoms with E-state index in [1.165, 1.54) is 11.3 Å². The number of morpholine rings is 1. The Balaban J connectivity index is 2.01. The van der Waals surface area contributed by atoms with E-state index in [0.29, 0.717) is 31.3 Å². The SMILES string of the molecule is O=C(c1cscn1)N1CCOC(CCl)C1. The molecule has 1 fully saturated rings. The monoisotopic (exact) mass is 246 g/mol. The molecule has 1 aromatic rings. The second kappa shape index (κ2) is 4.92. The molecule has 0 aliphatic carbocycles. The van der Waals surface area contributed by atoms with E-state index in [1.54, 1.807) is 15.8 Å². The Morgan fingerprint density at radius 2 is 2.67 bits per heavy atom. The van der Waals surface area contributed by atoms with Crippen LogP contribution < -0.4 is 0 Å². The summed E-state index contributed by atoms with van der Waals surface area (Å²) in [6, 6.07) is 0. The highest BCUT2D eigenvalue weighted by molar-refractivity contribution is 7.07.